The van der Waals surface area contributed by atoms with Gasteiger partial charge in [0.1, 0.15) is 0 Å². The summed E-state index contributed by atoms with van der Waals surface area (Å²) in [5.74, 6) is 0.246. The zero-order chi connectivity index (χ0) is 15.2. The van der Waals surface area contributed by atoms with Crippen molar-refractivity contribution in [3.63, 3.8) is 0 Å². The Morgan fingerprint density at radius 2 is 1.95 bits per heavy atom. The first-order valence-electron chi connectivity index (χ1n) is 6.73. The third-order valence-corrected chi connectivity index (χ3v) is 3.44. The number of rotatable bonds is 7. The van der Waals surface area contributed by atoms with Crippen LogP contribution in [-0.2, 0) is 17.3 Å². The normalized spacial score (nSPS) is 15.1. The Bertz CT molecular complexity index is 406. The van der Waals surface area contributed by atoms with E-state index >= 15 is 0 Å². The summed E-state index contributed by atoms with van der Waals surface area (Å²) in [6.07, 6.45) is -3.66. The molecule has 1 N–H and O–H groups in total. The minimum Gasteiger partial charge on any atom is -0.383 e. The molecule has 0 aliphatic heterocycles. The highest BCUT2D eigenvalue weighted by Gasteiger charge is 2.30. The number of halogens is 3. The first kappa shape index (κ1) is 17.0. The fraction of sp³-hybridized carbons (Fsp3) is 0.600. The number of nitrogens with one attached hydrogen (secondary N) is 1. The smallest absolute Gasteiger partial charge is 0.383 e. The lowest BCUT2D eigenvalue weighted by Gasteiger charge is -2.21. The second-order valence-corrected chi connectivity index (χ2v) is 5.12. The quantitative estimate of drug-likeness (QED) is 0.776. The summed E-state index contributed by atoms with van der Waals surface area (Å²) in [6, 6.07) is 5.77. The minimum atomic E-state index is -4.28. The monoisotopic (exact) mass is 289 g/mol. The standard InChI is InChI=1S/C15H22F3NO/c1-11(12(2)19-7-8-20-3)9-13-5-4-6-14(10-13)15(16,17)18/h4-6,10-12,19H,7-9H2,1-3H3. The molecule has 2 atom stereocenters. The van der Waals surface area contributed by atoms with Crippen molar-refractivity contribution in [3.05, 3.63) is 35.4 Å². The molecule has 5 heteroatoms. The van der Waals surface area contributed by atoms with Gasteiger partial charge in [-0.3, -0.25) is 0 Å². The molecule has 0 fully saturated rings. The molecule has 1 aromatic rings. The molecule has 0 aromatic heterocycles. The van der Waals surface area contributed by atoms with Gasteiger partial charge >= 0.3 is 6.18 Å². The summed E-state index contributed by atoms with van der Waals surface area (Å²) < 4.78 is 42.9. The van der Waals surface area contributed by atoms with Gasteiger partial charge in [-0.2, -0.15) is 13.2 Å². The Kier molecular flexibility index (Phi) is 6.49. The Balaban J connectivity index is 2.59. The van der Waals surface area contributed by atoms with Crippen LogP contribution in [0.3, 0.4) is 0 Å². The largest absolute Gasteiger partial charge is 0.416 e. The Morgan fingerprint density at radius 3 is 2.55 bits per heavy atom. The van der Waals surface area contributed by atoms with Crippen LogP contribution in [0, 0.1) is 5.92 Å². The van der Waals surface area contributed by atoms with Crippen molar-refractivity contribution >= 4 is 0 Å². The summed E-state index contributed by atoms with van der Waals surface area (Å²) in [5.41, 5.74) is 0.134. The number of ether oxygens (including phenoxy) is 1. The molecule has 114 valence electrons. The second-order valence-electron chi connectivity index (χ2n) is 5.12. The average Bonchev–Trinajstić information content (AvgIpc) is 2.38. The van der Waals surface area contributed by atoms with Crippen LogP contribution in [-0.4, -0.2) is 26.3 Å². The maximum Gasteiger partial charge on any atom is 0.416 e. The lowest BCUT2D eigenvalue weighted by Crippen LogP contribution is -2.35. The highest BCUT2D eigenvalue weighted by Crippen LogP contribution is 2.30. The topological polar surface area (TPSA) is 21.3 Å². The van der Waals surface area contributed by atoms with Gasteiger partial charge in [0.05, 0.1) is 12.2 Å². The second kappa shape index (κ2) is 7.64. The third-order valence-electron chi connectivity index (χ3n) is 3.44. The van der Waals surface area contributed by atoms with Crippen molar-refractivity contribution in [1.29, 1.82) is 0 Å². The minimum absolute atomic E-state index is 0.222. The van der Waals surface area contributed by atoms with Crippen LogP contribution in [0.5, 0.6) is 0 Å². The summed E-state index contributed by atoms with van der Waals surface area (Å²) >= 11 is 0. The predicted octanol–water partition coefficient (Wildman–Crippen LogP) is 3.51. The van der Waals surface area contributed by atoms with Crippen molar-refractivity contribution in [3.8, 4) is 0 Å². The van der Waals surface area contributed by atoms with Crippen LogP contribution in [0.25, 0.3) is 0 Å². The van der Waals surface area contributed by atoms with Gasteiger partial charge in [0.2, 0.25) is 0 Å². The van der Waals surface area contributed by atoms with Crippen LogP contribution in [0.2, 0.25) is 0 Å². The Morgan fingerprint density at radius 1 is 1.25 bits per heavy atom. The zero-order valence-corrected chi connectivity index (χ0v) is 12.1. The van der Waals surface area contributed by atoms with E-state index in [9.17, 15) is 13.2 Å². The molecule has 0 heterocycles. The van der Waals surface area contributed by atoms with Gasteiger partial charge < -0.3 is 10.1 Å². The molecule has 0 radical (unpaired) electrons. The van der Waals surface area contributed by atoms with Crippen LogP contribution in [0.15, 0.2) is 24.3 Å². The van der Waals surface area contributed by atoms with Crippen LogP contribution < -0.4 is 5.32 Å². The van der Waals surface area contributed by atoms with Crippen LogP contribution in [0.1, 0.15) is 25.0 Å². The molecule has 1 rings (SSSR count). The van der Waals surface area contributed by atoms with E-state index in [0.29, 0.717) is 18.6 Å². The number of hydrogen-bond donors (Lipinski definition) is 1. The average molecular weight is 289 g/mol. The number of hydrogen-bond acceptors (Lipinski definition) is 2. The van der Waals surface area contributed by atoms with Gasteiger partial charge in [-0.15, -0.1) is 0 Å². The number of alkyl halides is 3. The van der Waals surface area contributed by atoms with Crippen molar-refractivity contribution in [2.75, 3.05) is 20.3 Å². The molecule has 0 spiro atoms. The highest BCUT2D eigenvalue weighted by molar-refractivity contribution is 5.26. The van der Waals surface area contributed by atoms with Gasteiger partial charge in [0, 0.05) is 19.7 Å². The molecular formula is C15H22F3NO. The SMILES string of the molecule is COCCNC(C)C(C)Cc1cccc(C(F)(F)F)c1. The van der Waals surface area contributed by atoms with Crippen molar-refractivity contribution in [2.24, 2.45) is 5.92 Å². The van der Waals surface area contributed by atoms with Crippen molar-refractivity contribution < 1.29 is 17.9 Å². The Hall–Kier alpha value is -1.07. The molecule has 0 bridgehead atoms. The first-order valence-corrected chi connectivity index (χ1v) is 6.73. The number of benzene rings is 1. The van der Waals surface area contributed by atoms with Crippen molar-refractivity contribution in [1.82, 2.24) is 5.32 Å². The molecule has 0 aliphatic carbocycles. The molecule has 20 heavy (non-hydrogen) atoms. The van der Waals surface area contributed by atoms with E-state index in [1.807, 2.05) is 13.8 Å². The maximum absolute atomic E-state index is 12.6. The molecule has 2 unspecified atom stereocenters. The molecular weight excluding hydrogens is 267 g/mol. The van der Waals surface area contributed by atoms with Crippen molar-refractivity contribution in [2.45, 2.75) is 32.5 Å². The van der Waals surface area contributed by atoms with Gasteiger partial charge in [-0.1, -0.05) is 25.1 Å². The lowest BCUT2D eigenvalue weighted by atomic mass is 9.94. The molecule has 2 nitrogen and oxygen atoms in total. The van der Waals surface area contributed by atoms with E-state index < -0.39 is 11.7 Å². The van der Waals surface area contributed by atoms with E-state index in [2.05, 4.69) is 5.32 Å². The first-order chi connectivity index (χ1) is 9.34. The van der Waals surface area contributed by atoms with Gasteiger partial charge in [0.15, 0.2) is 0 Å². The molecule has 0 amide bonds. The van der Waals surface area contributed by atoms with E-state index in [4.69, 9.17) is 4.74 Å². The van der Waals surface area contributed by atoms with Crippen LogP contribution >= 0.6 is 0 Å². The van der Waals surface area contributed by atoms with E-state index in [1.54, 1.807) is 13.2 Å². The summed E-state index contributed by atoms with van der Waals surface area (Å²) in [7, 11) is 1.64. The van der Waals surface area contributed by atoms with Gasteiger partial charge in [-0.25, -0.2) is 0 Å². The fourth-order valence-electron chi connectivity index (χ4n) is 2.01. The number of methoxy groups -OCH3 is 1. The summed E-state index contributed by atoms with van der Waals surface area (Å²) in [4.78, 5) is 0. The zero-order valence-electron chi connectivity index (χ0n) is 12.1. The predicted molar refractivity (Wildman–Crippen MR) is 73.7 cm³/mol. The van der Waals surface area contributed by atoms with Gasteiger partial charge in [0.25, 0.3) is 0 Å². The fourth-order valence-corrected chi connectivity index (χ4v) is 2.01. The molecule has 0 aliphatic rings. The third kappa shape index (κ3) is 5.51. The highest BCUT2D eigenvalue weighted by atomic mass is 19.4. The Labute approximate surface area is 118 Å². The van der Waals surface area contributed by atoms with Crippen LogP contribution in [0.4, 0.5) is 13.2 Å². The summed E-state index contributed by atoms with van der Waals surface area (Å²) in [6.45, 7) is 5.43. The summed E-state index contributed by atoms with van der Waals surface area (Å²) in [5, 5.41) is 3.30. The maximum atomic E-state index is 12.6. The molecule has 0 saturated carbocycles. The van der Waals surface area contributed by atoms with E-state index in [-0.39, 0.29) is 12.0 Å². The molecule has 1 aromatic carbocycles. The lowest BCUT2D eigenvalue weighted by molar-refractivity contribution is -0.137. The van der Waals surface area contributed by atoms with E-state index in [0.717, 1.165) is 12.6 Å². The van der Waals surface area contributed by atoms with E-state index in [1.165, 1.54) is 12.1 Å². The molecule has 0 saturated heterocycles. The van der Waals surface area contributed by atoms with Gasteiger partial charge in [-0.05, 0) is 30.9 Å².